The van der Waals surface area contributed by atoms with Gasteiger partial charge in [-0.1, -0.05) is 30.5 Å². The molecule has 4 nitrogen and oxygen atoms in total. The van der Waals surface area contributed by atoms with E-state index in [9.17, 15) is 13.5 Å². The van der Waals surface area contributed by atoms with Crippen molar-refractivity contribution in [3.8, 4) is 0 Å². The van der Waals surface area contributed by atoms with E-state index in [4.69, 9.17) is 0 Å². The number of hydrogen-bond acceptors (Lipinski definition) is 4. The van der Waals surface area contributed by atoms with Gasteiger partial charge >= 0.3 is 0 Å². The molecule has 2 rings (SSSR count). The quantitative estimate of drug-likeness (QED) is 0.872. The molecule has 1 fully saturated rings. The van der Waals surface area contributed by atoms with Gasteiger partial charge in [0.15, 0.2) is 9.84 Å². The molecule has 0 amide bonds. The number of nitrogens with one attached hydrogen (secondary N) is 1. The summed E-state index contributed by atoms with van der Waals surface area (Å²) in [7, 11) is -3.34. The molecule has 0 bridgehead atoms. The van der Waals surface area contributed by atoms with E-state index in [2.05, 4.69) is 5.32 Å². The summed E-state index contributed by atoms with van der Waals surface area (Å²) >= 11 is 0. The Balaban J connectivity index is 2.20. The molecule has 0 radical (unpaired) electrons. The highest BCUT2D eigenvalue weighted by atomic mass is 32.2. The lowest BCUT2D eigenvalue weighted by molar-refractivity contribution is 0.0747. The Morgan fingerprint density at radius 1 is 1.18 bits per heavy atom. The van der Waals surface area contributed by atoms with Crippen molar-refractivity contribution in [1.82, 2.24) is 5.32 Å². The van der Waals surface area contributed by atoms with Crippen LogP contribution in [-0.2, 0) is 9.84 Å². The summed E-state index contributed by atoms with van der Waals surface area (Å²) in [6.45, 7) is 5.81. The summed E-state index contributed by atoms with van der Waals surface area (Å²) in [5.74, 6) is 0. The molecule has 1 aromatic carbocycles. The van der Waals surface area contributed by atoms with Crippen LogP contribution in [0.15, 0.2) is 29.2 Å². The average Bonchev–Trinajstić information content (AvgIpc) is 2.45. The molecule has 5 heteroatoms. The highest BCUT2D eigenvalue weighted by molar-refractivity contribution is 7.92. The van der Waals surface area contributed by atoms with Crippen LogP contribution in [0.1, 0.15) is 45.1 Å². The van der Waals surface area contributed by atoms with Gasteiger partial charge in [0.2, 0.25) is 0 Å². The van der Waals surface area contributed by atoms with Crippen molar-refractivity contribution in [1.29, 1.82) is 0 Å². The van der Waals surface area contributed by atoms with Crippen LogP contribution < -0.4 is 5.32 Å². The lowest BCUT2D eigenvalue weighted by atomic mass is 9.94. The minimum atomic E-state index is -3.34. The van der Waals surface area contributed by atoms with Crippen molar-refractivity contribution < 1.29 is 13.5 Å². The van der Waals surface area contributed by atoms with Crippen molar-refractivity contribution in [2.45, 2.75) is 68.2 Å². The zero-order valence-electron chi connectivity index (χ0n) is 13.7. The van der Waals surface area contributed by atoms with E-state index in [1.165, 1.54) is 0 Å². The van der Waals surface area contributed by atoms with E-state index in [1.807, 2.05) is 19.1 Å². The van der Waals surface area contributed by atoms with Gasteiger partial charge in [-0.05, 0) is 45.7 Å². The van der Waals surface area contributed by atoms with Crippen LogP contribution in [0.3, 0.4) is 0 Å². The summed E-state index contributed by atoms with van der Waals surface area (Å²) in [4.78, 5) is 0.403. The Morgan fingerprint density at radius 2 is 1.77 bits per heavy atom. The molecule has 2 atom stereocenters. The molecule has 2 N–H and O–H groups in total. The fourth-order valence-electron chi connectivity index (χ4n) is 2.99. The minimum absolute atomic E-state index is 0.0912. The Morgan fingerprint density at radius 3 is 2.36 bits per heavy atom. The minimum Gasteiger partial charge on any atom is -0.389 e. The predicted octanol–water partition coefficient (Wildman–Crippen LogP) is 2.44. The summed E-state index contributed by atoms with van der Waals surface area (Å²) in [6, 6.07) is 6.99. The largest absolute Gasteiger partial charge is 0.389 e. The Labute approximate surface area is 133 Å². The van der Waals surface area contributed by atoms with Gasteiger partial charge in [-0.25, -0.2) is 8.42 Å². The molecule has 1 aromatic rings. The normalized spacial score (nSPS) is 23.5. The molecule has 0 spiro atoms. The molecule has 0 aromatic heterocycles. The molecule has 1 aliphatic carbocycles. The van der Waals surface area contributed by atoms with Crippen LogP contribution in [0, 0.1) is 6.92 Å². The number of aliphatic hydroxyl groups is 1. The molecule has 1 saturated carbocycles. The number of aryl methyl sites for hydroxylation is 1. The Hall–Kier alpha value is -0.910. The third kappa shape index (κ3) is 4.31. The number of rotatable bonds is 5. The van der Waals surface area contributed by atoms with Gasteiger partial charge < -0.3 is 10.4 Å². The highest BCUT2D eigenvalue weighted by Gasteiger charge is 2.36. The molecular formula is C17H27NO3S. The van der Waals surface area contributed by atoms with Crippen molar-refractivity contribution in [2.24, 2.45) is 0 Å². The third-order valence-corrected chi connectivity index (χ3v) is 6.54. The third-order valence-electron chi connectivity index (χ3n) is 4.25. The van der Waals surface area contributed by atoms with Gasteiger partial charge in [-0.15, -0.1) is 0 Å². The Bertz CT molecular complexity index is 587. The smallest absolute Gasteiger partial charge is 0.182 e. The second-order valence-electron chi connectivity index (χ2n) is 6.98. The van der Waals surface area contributed by atoms with Gasteiger partial charge in [0.05, 0.1) is 15.7 Å². The SMILES string of the molecule is Cc1ccc(S(=O)(=O)[C@@H]2CCCC[C@@H]2NCC(C)(C)O)cc1. The van der Waals surface area contributed by atoms with Gasteiger partial charge in [-0.3, -0.25) is 0 Å². The molecular weight excluding hydrogens is 298 g/mol. The van der Waals surface area contributed by atoms with Gasteiger partial charge in [-0.2, -0.15) is 0 Å². The fourth-order valence-corrected chi connectivity index (χ4v) is 4.99. The highest BCUT2D eigenvalue weighted by Crippen LogP contribution is 2.29. The van der Waals surface area contributed by atoms with Gasteiger partial charge in [0, 0.05) is 12.6 Å². The maximum Gasteiger partial charge on any atom is 0.182 e. The lowest BCUT2D eigenvalue weighted by Crippen LogP contribution is -2.50. The second-order valence-corrected chi connectivity index (χ2v) is 9.15. The first-order chi connectivity index (χ1) is 10.2. The zero-order chi connectivity index (χ0) is 16.4. The number of sulfone groups is 1. The van der Waals surface area contributed by atoms with Gasteiger partial charge in [0.25, 0.3) is 0 Å². The van der Waals surface area contributed by atoms with Crippen LogP contribution in [0.4, 0.5) is 0 Å². The summed E-state index contributed by atoms with van der Waals surface area (Å²) in [5.41, 5.74) is 0.217. The molecule has 124 valence electrons. The first kappa shape index (κ1) is 17.4. The molecule has 1 aliphatic rings. The van der Waals surface area contributed by atoms with E-state index in [-0.39, 0.29) is 6.04 Å². The fraction of sp³-hybridized carbons (Fsp3) is 0.647. The van der Waals surface area contributed by atoms with Crippen molar-refractivity contribution in [3.63, 3.8) is 0 Å². The first-order valence-corrected chi connectivity index (χ1v) is 9.51. The summed E-state index contributed by atoms with van der Waals surface area (Å²) in [5, 5.41) is 12.7. The molecule has 0 saturated heterocycles. The Kier molecular flexibility index (Phi) is 5.30. The summed E-state index contributed by atoms with van der Waals surface area (Å²) < 4.78 is 25.9. The van der Waals surface area contributed by atoms with Crippen molar-refractivity contribution >= 4 is 9.84 Å². The maximum atomic E-state index is 12.9. The number of hydrogen-bond donors (Lipinski definition) is 2. The molecule has 0 aliphatic heterocycles. The van der Waals surface area contributed by atoms with Crippen LogP contribution in [0.2, 0.25) is 0 Å². The van der Waals surface area contributed by atoms with E-state index in [0.29, 0.717) is 17.9 Å². The van der Waals surface area contributed by atoms with Gasteiger partial charge in [0.1, 0.15) is 0 Å². The second kappa shape index (κ2) is 6.69. The van der Waals surface area contributed by atoms with Crippen LogP contribution >= 0.6 is 0 Å². The van der Waals surface area contributed by atoms with E-state index < -0.39 is 20.7 Å². The molecule has 0 unspecified atom stereocenters. The average molecular weight is 325 g/mol. The van der Waals surface area contributed by atoms with Crippen LogP contribution in [0.5, 0.6) is 0 Å². The topological polar surface area (TPSA) is 66.4 Å². The lowest BCUT2D eigenvalue weighted by Gasteiger charge is -2.33. The van der Waals surface area contributed by atoms with Crippen molar-refractivity contribution in [3.05, 3.63) is 29.8 Å². The standard InChI is InChI=1S/C17H27NO3S/c1-13-8-10-14(11-9-13)22(20,21)16-7-5-4-6-15(16)18-12-17(2,3)19/h8-11,15-16,18-19H,4-7,12H2,1-3H3/t15-,16+/m0/s1. The van der Waals surface area contributed by atoms with E-state index in [1.54, 1.807) is 26.0 Å². The first-order valence-electron chi connectivity index (χ1n) is 7.96. The molecule has 0 heterocycles. The van der Waals surface area contributed by atoms with Crippen LogP contribution in [-0.4, -0.2) is 37.0 Å². The predicted molar refractivity (Wildman–Crippen MR) is 88.7 cm³/mol. The maximum absolute atomic E-state index is 12.9. The zero-order valence-corrected chi connectivity index (χ0v) is 14.5. The van der Waals surface area contributed by atoms with E-state index in [0.717, 1.165) is 24.8 Å². The van der Waals surface area contributed by atoms with Crippen LogP contribution in [0.25, 0.3) is 0 Å². The number of benzene rings is 1. The van der Waals surface area contributed by atoms with E-state index >= 15 is 0 Å². The monoisotopic (exact) mass is 325 g/mol. The van der Waals surface area contributed by atoms with Crippen molar-refractivity contribution in [2.75, 3.05) is 6.54 Å². The molecule has 22 heavy (non-hydrogen) atoms. The summed E-state index contributed by atoms with van der Waals surface area (Å²) in [6.07, 6.45) is 3.49.